The van der Waals surface area contributed by atoms with Crippen molar-refractivity contribution in [3.63, 3.8) is 0 Å². The first-order valence-corrected chi connectivity index (χ1v) is 10.5. The van der Waals surface area contributed by atoms with Crippen LogP contribution in [0.25, 0.3) is 0 Å². The SMILES string of the molecule is O=C1NC(=O)C(Cc2ccc(S(=O)(=O)NC(C(=O)O)c3ccccc3)cc2)S1. The lowest BCUT2D eigenvalue weighted by Crippen LogP contribution is -2.33. The lowest BCUT2D eigenvalue weighted by Gasteiger charge is -2.15. The molecule has 2 aromatic rings. The molecule has 3 N–H and O–H groups in total. The summed E-state index contributed by atoms with van der Waals surface area (Å²) in [4.78, 5) is 34.3. The van der Waals surface area contributed by atoms with Gasteiger partial charge in [0.05, 0.1) is 10.1 Å². The minimum atomic E-state index is -4.09. The van der Waals surface area contributed by atoms with Crippen LogP contribution >= 0.6 is 11.8 Å². The fraction of sp³-hybridized carbons (Fsp3) is 0.167. The number of carboxylic acid groups (broad SMARTS) is 1. The van der Waals surface area contributed by atoms with Crippen molar-refractivity contribution < 1.29 is 27.9 Å². The smallest absolute Gasteiger partial charge is 0.326 e. The third-order valence-corrected chi connectivity index (χ3v) is 6.49. The number of hydrogen-bond donors (Lipinski definition) is 3. The third kappa shape index (κ3) is 4.58. The standard InChI is InChI=1S/C18H16N2O6S2/c21-16-14(27-18(24)19-16)10-11-6-8-13(9-7-11)28(25,26)20-15(17(22)23)12-4-2-1-3-5-12/h1-9,14-15,20H,10H2,(H,22,23)(H,19,21,24). The van der Waals surface area contributed by atoms with E-state index in [4.69, 9.17) is 0 Å². The highest BCUT2D eigenvalue weighted by Gasteiger charge is 2.31. The molecule has 0 aliphatic carbocycles. The highest BCUT2D eigenvalue weighted by Crippen LogP contribution is 2.24. The third-order valence-electron chi connectivity index (χ3n) is 4.07. The molecule has 146 valence electrons. The van der Waals surface area contributed by atoms with Gasteiger partial charge in [0.25, 0.3) is 5.24 Å². The van der Waals surface area contributed by atoms with Gasteiger partial charge in [0.2, 0.25) is 15.9 Å². The average Bonchev–Trinajstić information content (AvgIpc) is 2.97. The van der Waals surface area contributed by atoms with Gasteiger partial charge in [-0.05, 0) is 29.7 Å². The molecule has 2 atom stereocenters. The van der Waals surface area contributed by atoms with Crippen LogP contribution in [0.4, 0.5) is 4.79 Å². The van der Waals surface area contributed by atoms with Crippen LogP contribution in [0.3, 0.4) is 0 Å². The molecule has 0 bridgehead atoms. The van der Waals surface area contributed by atoms with Gasteiger partial charge < -0.3 is 5.11 Å². The monoisotopic (exact) mass is 420 g/mol. The normalized spacial score (nSPS) is 17.9. The van der Waals surface area contributed by atoms with Crippen LogP contribution in [0.2, 0.25) is 0 Å². The van der Waals surface area contributed by atoms with E-state index in [0.29, 0.717) is 11.1 Å². The fourth-order valence-electron chi connectivity index (χ4n) is 2.68. The number of nitrogens with one attached hydrogen (secondary N) is 2. The molecule has 0 spiro atoms. The Labute approximate surface area is 165 Å². The van der Waals surface area contributed by atoms with Crippen molar-refractivity contribution in [2.24, 2.45) is 0 Å². The minimum absolute atomic E-state index is 0.0990. The topological polar surface area (TPSA) is 130 Å². The van der Waals surface area contributed by atoms with E-state index in [0.717, 1.165) is 11.8 Å². The number of rotatable bonds is 7. The molecular weight excluding hydrogens is 404 g/mol. The van der Waals surface area contributed by atoms with Crippen molar-refractivity contribution in [3.8, 4) is 0 Å². The number of amides is 2. The lowest BCUT2D eigenvalue weighted by atomic mass is 10.1. The van der Waals surface area contributed by atoms with Crippen molar-refractivity contribution >= 4 is 38.9 Å². The van der Waals surface area contributed by atoms with Gasteiger partial charge in [-0.3, -0.25) is 19.7 Å². The molecule has 8 nitrogen and oxygen atoms in total. The molecule has 10 heteroatoms. The number of sulfonamides is 1. The predicted molar refractivity (Wildman–Crippen MR) is 102 cm³/mol. The largest absolute Gasteiger partial charge is 0.480 e. The molecule has 1 heterocycles. The highest BCUT2D eigenvalue weighted by atomic mass is 32.2. The van der Waals surface area contributed by atoms with E-state index >= 15 is 0 Å². The zero-order valence-electron chi connectivity index (χ0n) is 14.4. The number of benzene rings is 2. The minimum Gasteiger partial charge on any atom is -0.480 e. The Morgan fingerprint density at radius 3 is 2.29 bits per heavy atom. The molecule has 2 aromatic carbocycles. The second-order valence-electron chi connectivity index (χ2n) is 6.03. The first-order chi connectivity index (χ1) is 13.3. The van der Waals surface area contributed by atoms with E-state index in [1.54, 1.807) is 18.2 Å². The molecule has 2 amide bonds. The van der Waals surface area contributed by atoms with Crippen LogP contribution in [0, 0.1) is 0 Å². The summed E-state index contributed by atoms with van der Waals surface area (Å²) in [5, 5.41) is 10.6. The summed E-state index contributed by atoms with van der Waals surface area (Å²) >= 11 is 0.892. The Hall–Kier alpha value is -2.69. The second kappa shape index (κ2) is 8.13. The summed E-state index contributed by atoms with van der Waals surface area (Å²) in [7, 11) is -4.09. The van der Waals surface area contributed by atoms with Crippen LogP contribution < -0.4 is 10.0 Å². The summed E-state index contributed by atoms with van der Waals surface area (Å²) in [6.45, 7) is 0. The van der Waals surface area contributed by atoms with E-state index in [1.165, 1.54) is 36.4 Å². The lowest BCUT2D eigenvalue weighted by molar-refractivity contribution is -0.139. The van der Waals surface area contributed by atoms with Gasteiger partial charge in [-0.1, -0.05) is 54.2 Å². The maximum Gasteiger partial charge on any atom is 0.326 e. The summed E-state index contributed by atoms with van der Waals surface area (Å²) in [5.41, 5.74) is 0.989. The Morgan fingerprint density at radius 1 is 1.11 bits per heavy atom. The van der Waals surface area contributed by atoms with E-state index in [9.17, 15) is 27.9 Å². The Balaban J connectivity index is 1.75. The Kier molecular flexibility index (Phi) is 5.82. The Morgan fingerprint density at radius 2 is 1.75 bits per heavy atom. The quantitative estimate of drug-likeness (QED) is 0.621. The number of hydrogen-bond acceptors (Lipinski definition) is 6. The fourth-order valence-corrected chi connectivity index (χ4v) is 4.71. The van der Waals surface area contributed by atoms with Crippen LogP contribution in [0.1, 0.15) is 17.2 Å². The molecule has 1 aliphatic rings. The molecule has 1 fully saturated rings. The molecule has 1 saturated heterocycles. The van der Waals surface area contributed by atoms with Gasteiger partial charge in [0, 0.05) is 0 Å². The molecule has 3 rings (SSSR count). The maximum absolute atomic E-state index is 12.6. The summed E-state index contributed by atoms with van der Waals surface area (Å²) < 4.78 is 27.4. The second-order valence-corrected chi connectivity index (χ2v) is 8.92. The highest BCUT2D eigenvalue weighted by molar-refractivity contribution is 8.15. The molecule has 1 aliphatic heterocycles. The van der Waals surface area contributed by atoms with Crippen molar-refractivity contribution in [2.45, 2.75) is 22.6 Å². The molecule has 28 heavy (non-hydrogen) atoms. The number of carbonyl (C=O) groups is 3. The summed E-state index contributed by atoms with van der Waals surface area (Å²) in [6.07, 6.45) is 0.276. The van der Waals surface area contributed by atoms with E-state index < -0.39 is 32.5 Å². The van der Waals surface area contributed by atoms with Gasteiger partial charge in [-0.25, -0.2) is 8.42 Å². The molecule has 2 unspecified atom stereocenters. The van der Waals surface area contributed by atoms with E-state index in [-0.39, 0.29) is 17.2 Å². The van der Waals surface area contributed by atoms with Crippen LogP contribution in [0.5, 0.6) is 0 Å². The number of imide groups is 1. The van der Waals surface area contributed by atoms with Crippen LogP contribution in [-0.4, -0.2) is 35.9 Å². The number of aliphatic carboxylic acids is 1. The number of carbonyl (C=O) groups excluding carboxylic acids is 2. The van der Waals surface area contributed by atoms with Gasteiger partial charge in [-0.15, -0.1) is 0 Å². The zero-order chi connectivity index (χ0) is 20.3. The summed E-state index contributed by atoms with van der Waals surface area (Å²) in [6, 6.07) is 12.3. The van der Waals surface area contributed by atoms with E-state index in [2.05, 4.69) is 10.0 Å². The number of carboxylic acids is 1. The average molecular weight is 420 g/mol. The molecule has 0 saturated carbocycles. The molecular formula is C18H16N2O6S2. The number of thioether (sulfide) groups is 1. The maximum atomic E-state index is 12.6. The van der Waals surface area contributed by atoms with Gasteiger partial charge >= 0.3 is 5.97 Å². The van der Waals surface area contributed by atoms with Crippen molar-refractivity contribution in [1.29, 1.82) is 0 Å². The molecule has 0 radical (unpaired) electrons. The predicted octanol–water partition coefficient (Wildman–Crippen LogP) is 1.68. The zero-order valence-corrected chi connectivity index (χ0v) is 16.0. The first kappa shape index (κ1) is 20.1. The van der Waals surface area contributed by atoms with Crippen molar-refractivity contribution in [2.75, 3.05) is 0 Å². The van der Waals surface area contributed by atoms with Gasteiger partial charge in [0.15, 0.2) is 0 Å². The first-order valence-electron chi connectivity index (χ1n) is 8.17. The van der Waals surface area contributed by atoms with Crippen molar-refractivity contribution in [1.82, 2.24) is 10.0 Å². The van der Waals surface area contributed by atoms with Crippen LogP contribution in [0.15, 0.2) is 59.5 Å². The summed E-state index contributed by atoms with van der Waals surface area (Å²) in [5.74, 6) is -1.69. The van der Waals surface area contributed by atoms with E-state index in [1.807, 2.05) is 0 Å². The van der Waals surface area contributed by atoms with Crippen molar-refractivity contribution in [3.05, 3.63) is 65.7 Å². The van der Waals surface area contributed by atoms with Gasteiger partial charge in [-0.2, -0.15) is 4.72 Å². The van der Waals surface area contributed by atoms with Gasteiger partial charge in [0.1, 0.15) is 6.04 Å². The molecule has 0 aromatic heterocycles. The Bertz CT molecular complexity index is 1010. The van der Waals surface area contributed by atoms with Crippen LogP contribution in [-0.2, 0) is 26.0 Å².